The first-order valence-electron chi connectivity index (χ1n) is 5.53. The zero-order valence-corrected chi connectivity index (χ0v) is 10.9. The van der Waals surface area contributed by atoms with Crippen LogP contribution in [-0.2, 0) is 0 Å². The Hall–Kier alpha value is -1.13. The van der Waals surface area contributed by atoms with Crippen molar-refractivity contribution in [3.8, 4) is 0 Å². The number of aromatic amines is 1. The Morgan fingerprint density at radius 3 is 2.82 bits per heavy atom. The minimum absolute atomic E-state index is 0.0695. The molecule has 0 saturated heterocycles. The summed E-state index contributed by atoms with van der Waals surface area (Å²) in [7, 11) is 0. The first kappa shape index (κ1) is 11.0. The van der Waals surface area contributed by atoms with Crippen LogP contribution >= 0.6 is 23.8 Å². The summed E-state index contributed by atoms with van der Waals surface area (Å²) in [6, 6.07) is 3.90. The van der Waals surface area contributed by atoms with E-state index in [9.17, 15) is 4.79 Å². The van der Waals surface area contributed by atoms with Gasteiger partial charge in [0.15, 0.2) is 4.77 Å². The van der Waals surface area contributed by atoms with Gasteiger partial charge >= 0.3 is 0 Å². The highest BCUT2D eigenvalue weighted by molar-refractivity contribution is 7.71. The van der Waals surface area contributed by atoms with Gasteiger partial charge in [-0.1, -0.05) is 17.7 Å². The average molecular weight is 267 g/mol. The minimum atomic E-state index is -0.0695. The van der Waals surface area contributed by atoms with Crippen molar-refractivity contribution in [1.82, 2.24) is 9.55 Å². The molecule has 0 radical (unpaired) electrons. The fraction of sp³-hybridized carbons (Fsp3) is 0.333. The van der Waals surface area contributed by atoms with Crippen LogP contribution in [0.1, 0.15) is 24.4 Å². The van der Waals surface area contributed by atoms with Crippen LogP contribution in [0.5, 0.6) is 0 Å². The number of hydrogen-bond donors (Lipinski definition) is 1. The van der Waals surface area contributed by atoms with Gasteiger partial charge in [0.05, 0.1) is 15.9 Å². The summed E-state index contributed by atoms with van der Waals surface area (Å²) in [5.74, 6) is 0. The molecule has 1 aliphatic carbocycles. The lowest BCUT2D eigenvalue weighted by Gasteiger charge is -2.09. The molecule has 88 valence electrons. The Balaban J connectivity index is 2.53. The molecule has 1 N–H and O–H groups in total. The molecule has 0 aliphatic heterocycles. The molecule has 17 heavy (non-hydrogen) atoms. The molecular weight excluding hydrogens is 256 g/mol. The second-order valence-corrected chi connectivity index (χ2v) is 5.24. The van der Waals surface area contributed by atoms with Crippen LogP contribution in [-0.4, -0.2) is 9.55 Å². The fourth-order valence-electron chi connectivity index (χ4n) is 2.10. The van der Waals surface area contributed by atoms with Gasteiger partial charge in [-0.15, -0.1) is 0 Å². The lowest BCUT2D eigenvalue weighted by atomic mass is 10.1. The molecule has 0 unspecified atom stereocenters. The van der Waals surface area contributed by atoms with Crippen LogP contribution in [0.4, 0.5) is 0 Å². The van der Waals surface area contributed by atoms with E-state index in [0.717, 1.165) is 23.9 Å². The van der Waals surface area contributed by atoms with Crippen molar-refractivity contribution in [2.24, 2.45) is 0 Å². The van der Waals surface area contributed by atoms with Gasteiger partial charge in [0.25, 0.3) is 5.56 Å². The second-order valence-electron chi connectivity index (χ2n) is 4.45. The molecular formula is C12H11ClN2OS. The number of benzene rings is 1. The van der Waals surface area contributed by atoms with Crippen molar-refractivity contribution < 1.29 is 0 Å². The lowest BCUT2D eigenvalue weighted by molar-refractivity contribution is 0.685. The third kappa shape index (κ3) is 1.63. The largest absolute Gasteiger partial charge is 0.331 e. The molecule has 3 rings (SSSR count). The summed E-state index contributed by atoms with van der Waals surface area (Å²) in [6.07, 6.45) is 2.04. The maximum absolute atomic E-state index is 12.4. The van der Waals surface area contributed by atoms with Gasteiger partial charge in [-0.05, 0) is 43.6 Å². The Bertz CT molecular complexity index is 728. The van der Waals surface area contributed by atoms with E-state index in [1.54, 1.807) is 10.6 Å². The predicted octanol–water partition coefficient (Wildman–Crippen LogP) is 3.36. The first-order valence-corrected chi connectivity index (χ1v) is 6.32. The molecule has 1 aromatic heterocycles. The van der Waals surface area contributed by atoms with Gasteiger partial charge in [0.2, 0.25) is 0 Å². The highest BCUT2D eigenvalue weighted by Crippen LogP contribution is 2.34. The number of aromatic nitrogens is 2. The van der Waals surface area contributed by atoms with Gasteiger partial charge < -0.3 is 4.98 Å². The van der Waals surface area contributed by atoms with Crippen LogP contribution in [0.25, 0.3) is 10.9 Å². The highest BCUT2D eigenvalue weighted by Gasteiger charge is 2.26. The molecule has 1 fully saturated rings. The molecule has 0 amide bonds. The number of halogens is 1. The Morgan fingerprint density at radius 1 is 1.47 bits per heavy atom. The van der Waals surface area contributed by atoms with E-state index in [4.69, 9.17) is 23.8 Å². The van der Waals surface area contributed by atoms with Crippen molar-refractivity contribution in [2.45, 2.75) is 25.8 Å². The minimum Gasteiger partial charge on any atom is -0.331 e. The molecule has 1 aliphatic rings. The van der Waals surface area contributed by atoms with Crippen LogP contribution in [0.15, 0.2) is 16.9 Å². The summed E-state index contributed by atoms with van der Waals surface area (Å²) >= 11 is 11.4. The van der Waals surface area contributed by atoms with Gasteiger partial charge in [-0.2, -0.15) is 0 Å². The van der Waals surface area contributed by atoms with Crippen molar-refractivity contribution in [2.75, 3.05) is 0 Å². The summed E-state index contributed by atoms with van der Waals surface area (Å²) < 4.78 is 2.15. The zero-order valence-electron chi connectivity index (χ0n) is 9.29. The predicted molar refractivity (Wildman–Crippen MR) is 71.4 cm³/mol. The van der Waals surface area contributed by atoms with Crippen molar-refractivity contribution in [1.29, 1.82) is 0 Å². The summed E-state index contributed by atoms with van der Waals surface area (Å²) in [5.41, 5.74) is 1.67. The molecule has 3 nitrogen and oxygen atoms in total. The van der Waals surface area contributed by atoms with Crippen LogP contribution < -0.4 is 5.56 Å². The van der Waals surface area contributed by atoms with E-state index < -0.39 is 0 Å². The third-order valence-electron chi connectivity index (χ3n) is 3.16. The lowest BCUT2D eigenvalue weighted by Crippen LogP contribution is -2.21. The Morgan fingerprint density at radius 2 is 2.18 bits per heavy atom. The number of H-pyrrole nitrogens is 1. The fourth-order valence-corrected chi connectivity index (χ4v) is 2.67. The molecule has 1 heterocycles. The number of rotatable bonds is 1. The van der Waals surface area contributed by atoms with E-state index in [0.29, 0.717) is 15.2 Å². The topological polar surface area (TPSA) is 37.8 Å². The third-order valence-corrected chi connectivity index (χ3v) is 3.77. The van der Waals surface area contributed by atoms with Crippen molar-refractivity contribution in [3.05, 3.63) is 37.8 Å². The van der Waals surface area contributed by atoms with Gasteiger partial charge in [-0.25, -0.2) is 0 Å². The van der Waals surface area contributed by atoms with E-state index in [-0.39, 0.29) is 11.6 Å². The summed E-state index contributed by atoms with van der Waals surface area (Å²) in [5, 5.41) is 1.03. The van der Waals surface area contributed by atoms with E-state index in [2.05, 4.69) is 4.98 Å². The molecule has 1 saturated carbocycles. The number of nitrogens with one attached hydrogen (secondary N) is 1. The average Bonchev–Trinajstić information content (AvgIpc) is 3.07. The van der Waals surface area contributed by atoms with Crippen LogP contribution in [0.2, 0.25) is 5.02 Å². The quantitative estimate of drug-likeness (QED) is 0.804. The van der Waals surface area contributed by atoms with Crippen molar-refractivity contribution in [3.63, 3.8) is 0 Å². The van der Waals surface area contributed by atoms with Gasteiger partial charge in [-0.3, -0.25) is 9.36 Å². The Kier molecular flexibility index (Phi) is 2.38. The number of fused-ring (bicyclic) bond motifs is 1. The Labute approximate surface area is 108 Å². The molecule has 5 heteroatoms. The smallest absolute Gasteiger partial charge is 0.263 e. The molecule has 0 spiro atoms. The normalized spacial score (nSPS) is 15.4. The van der Waals surface area contributed by atoms with Crippen molar-refractivity contribution >= 4 is 34.7 Å². The highest BCUT2D eigenvalue weighted by atomic mass is 35.5. The molecule has 0 bridgehead atoms. The number of aryl methyl sites for hydroxylation is 1. The summed E-state index contributed by atoms with van der Waals surface area (Å²) in [6.45, 7) is 1.94. The van der Waals surface area contributed by atoms with Gasteiger partial charge in [0, 0.05) is 6.04 Å². The molecule has 0 atom stereocenters. The van der Waals surface area contributed by atoms with Gasteiger partial charge in [0.1, 0.15) is 0 Å². The maximum atomic E-state index is 12.4. The number of nitrogens with zero attached hydrogens (tertiary/aromatic N) is 1. The second kappa shape index (κ2) is 3.68. The van der Waals surface area contributed by atoms with Crippen LogP contribution in [0, 0.1) is 11.7 Å². The summed E-state index contributed by atoms with van der Waals surface area (Å²) in [4.78, 5) is 15.5. The van der Waals surface area contributed by atoms with Crippen LogP contribution in [0.3, 0.4) is 0 Å². The SMILES string of the molecule is Cc1ccc(Cl)c2c(=O)n(C3CC3)c(=S)[nH]c12. The standard InChI is InChI=1S/C12H11ClN2OS/c1-6-2-5-8(13)9-10(6)14-12(17)15(11(9)16)7-3-4-7/h2,5,7H,3-4H2,1H3,(H,14,17). The molecule has 2 aromatic rings. The molecule has 1 aromatic carbocycles. The first-order chi connectivity index (χ1) is 8.09. The van der Waals surface area contributed by atoms with E-state index >= 15 is 0 Å². The van der Waals surface area contributed by atoms with E-state index in [1.807, 2.05) is 13.0 Å². The van der Waals surface area contributed by atoms with E-state index in [1.165, 1.54) is 0 Å². The maximum Gasteiger partial charge on any atom is 0.263 e. The number of hydrogen-bond acceptors (Lipinski definition) is 2. The zero-order chi connectivity index (χ0) is 12.2. The monoisotopic (exact) mass is 266 g/mol.